The Hall–Kier alpha value is -0.500. The average Bonchev–Trinajstić information content (AvgIpc) is 1.94. The lowest BCUT2D eigenvalue weighted by Crippen LogP contribution is -2.44. The number of hydrogen-bond acceptors (Lipinski definition) is 2. The Morgan fingerprint density at radius 2 is 2.10 bits per heavy atom. The lowest BCUT2D eigenvalue weighted by molar-refractivity contribution is 0.353. The molecule has 58 valence electrons. The van der Waals surface area contributed by atoms with Crippen LogP contribution in [0.15, 0.2) is 12.8 Å². The van der Waals surface area contributed by atoms with Gasteiger partial charge in [-0.15, -0.1) is 0 Å². The Bertz CT molecular complexity index is 112. The van der Waals surface area contributed by atoms with Gasteiger partial charge < -0.3 is 11.1 Å². The summed E-state index contributed by atoms with van der Waals surface area (Å²) in [7, 11) is 0. The zero-order valence-corrected chi connectivity index (χ0v) is 6.34. The molecule has 0 saturated heterocycles. The molecule has 1 fully saturated rings. The van der Waals surface area contributed by atoms with Gasteiger partial charge in [0.1, 0.15) is 0 Å². The number of nitrogens with two attached hydrogens (primary N) is 1. The van der Waals surface area contributed by atoms with Crippen LogP contribution in [0.2, 0.25) is 0 Å². The first-order valence-electron chi connectivity index (χ1n) is 3.97. The van der Waals surface area contributed by atoms with Gasteiger partial charge >= 0.3 is 0 Å². The van der Waals surface area contributed by atoms with Crippen LogP contribution in [-0.4, -0.2) is 12.1 Å². The maximum absolute atomic E-state index is 5.85. The fraction of sp³-hybridized carbons (Fsp3) is 0.750. The molecule has 1 saturated carbocycles. The third kappa shape index (κ3) is 1.74. The molecule has 0 aromatic heterocycles. The first kappa shape index (κ1) is 7.61. The van der Waals surface area contributed by atoms with Gasteiger partial charge in [-0.05, 0) is 19.0 Å². The van der Waals surface area contributed by atoms with Crippen LogP contribution in [-0.2, 0) is 0 Å². The lowest BCUT2D eigenvalue weighted by atomic mass is 9.91. The van der Waals surface area contributed by atoms with Crippen molar-refractivity contribution < 1.29 is 0 Å². The topological polar surface area (TPSA) is 38.0 Å². The predicted octanol–water partition coefficient (Wildman–Crippen LogP) is 0.989. The Balaban J connectivity index is 2.32. The summed E-state index contributed by atoms with van der Waals surface area (Å²) >= 11 is 0. The molecule has 0 aromatic carbocycles. The fourth-order valence-electron chi connectivity index (χ4n) is 1.52. The summed E-state index contributed by atoms with van der Waals surface area (Å²) in [5.74, 6) is 0. The van der Waals surface area contributed by atoms with E-state index in [1.54, 1.807) is 6.20 Å². The third-order valence-electron chi connectivity index (χ3n) is 2.15. The Morgan fingerprint density at radius 1 is 1.40 bits per heavy atom. The molecular formula is C8H16N2. The van der Waals surface area contributed by atoms with Crippen molar-refractivity contribution in [3.8, 4) is 0 Å². The second kappa shape index (κ2) is 3.62. The molecule has 1 rings (SSSR count). The molecule has 1 aliphatic carbocycles. The normalized spacial score (nSPS) is 33.3. The van der Waals surface area contributed by atoms with Gasteiger partial charge in [0.05, 0.1) is 0 Å². The minimum atomic E-state index is 0.340. The molecule has 0 heterocycles. The van der Waals surface area contributed by atoms with Gasteiger partial charge in [-0.1, -0.05) is 19.4 Å². The van der Waals surface area contributed by atoms with Crippen molar-refractivity contribution in [2.24, 2.45) is 5.73 Å². The minimum absolute atomic E-state index is 0.340. The summed E-state index contributed by atoms with van der Waals surface area (Å²) in [6, 6.07) is 0.818. The summed E-state index contributed by atoms with van der Waals surface area (Å²) < 4.78 is 0. The fourth-order valence-corrected chi connectivity index (χ4v) is 1.52. The summed E-state index contributed by atoms with van der Waals surface area (Å²) in [6.45, 7) is 3.62. The Kier molecular flexibility index (Phi) is 2.75. The van der Waals surface area contributed by atoms with Gasteiger partial charge in [0.25, 0.3) is 0 Å². The Morgan fingerprint density at radius 3 is 2.70 bits per heavy atom. The van der Waals surface area contributed by atoms with Crippen LogP contribution in [0.4, 0.5) is 0 Å². The first-order chi connectivity index (χ1) is 4.84. The molecule has 0 bridgehead atoms. The maximum Gasteiger partial charge on any atom is 0.0406 e. The highest BCUT2D eigenvalue weighted by atomic mass is 14.9. The molecule has 3 N–H and O–H groups in total. The highest BCUT2D eigenvalue weighted by Gasteiger charge is 2.19. The summed E-state index contributed by atoms with van der Waals surface area (Å²) in [4.78, 5) is 0. The van der Waals surface area contributed by atoms with E-state index in [-0.39, 0.29) is 0 Å². The molecule has 2 heteroatoms. The van der Waals surface area contributed by atoms with E-state index in [1.807, 2.05) is 0 Å². The van der Waals surface area contributed by atoms with E-state index in [1.165, 1.54) is 19.3 Å². The number of hydrogen-bond donors (Lipinski definition) is 2. The molecular weight excluding hydrogens is 124 g/mol. The van der Waals surface area contributed by atoms with Gasteiger partial charge in [-0.2, -0.15) is 0 Å². The largest absolute Gasteiger partial charge is 0.387 e. The highest BCUT2D eigenvalue weighted by molar-refractivity contribution is 4.86. The van der Waals surface area contributed by atoms with E-state index >= 15 is 0 Å². The van der Waals surface area contributed by atoms with Crippen molar-refractivity contribution in [3.05, 3.63) is 12.8 Å². The van der Waals surface area contributed by atoms with Gasteiger partial charge in [0, 0.05) is 12.1 Å². The van der Waals surface area contributed by atoms with Gasteiger partial charge in [0.2, 0.25) is 0 Å². The zero-order chi connectivity index (χ0) is 7.40. The van der Waals surface area contributed by atoms with Crippen LogP contribution in [0.25, 0.3) is 0 Å². The monoisotopic (exact) mass is 140 g/mol. The van der Waals surface area contributed by atoms with Gasteiger partial charge in [-0.3, -0.25) is 0 Å². The molecule has 0 spiro atoms. The van der Waals surface area contributed by atoms with Crippen LogP contribution in [0.5, 0.6) is 0 Å². The van der Waals surface area contributed by atoms with Gasteiger partial charge in [-0.25, -0.2) is 0 Å². The smallest absolute Gasteiger partial charge is 0.0406 e. The lowest BCUT2D eigenvalue weighted by Gasteiger charge is -2.28. The van der Waals surface area contributed by atoms with E-state index < -0.39 is 0 Å². The van der Waals surface area contributed by atoms with E-state index in [0.29, 0.717) is 12.1 Å². The quantitative estimate of drug-likeness (QED) is 0.600. The molecule has 0 aromatic rings. The summed E-state index contributed by atoms with van der Waals surface area (Å²) in [6.07, 6.45) is 6.70. The molecule has 1 aliphatic rings. The molecule has 0 amide bonds. The van der Waals surface area contributed by atoms with E-state index in [4.69, 9.17) is 5.73 Å². The van der Waals surface area contributed by atoms with E-state index in [2.05, 4.69) is 11.9 Å². The first-order valence-corrected chi connectivity index (χ1v) is 3.97. The number of rotatable bonds is 2. The predicted molar refractivity (Wildman–Crippen MR) is 43.6 cm³/mol. The van der Waals surface area contributed by atoms with Crippen LogP contribution >= 0.6 is 0 Å². The minimum Gasteiger partial charge on any atom is -0.387 e. The summed E-state index contributed by atoms with van der Waals surface area (Å²) in [5.41, 5.74) is 5.85. The number of nitrogens with one attached hydrogen (secondary N) is 1. The summed E-state index contributed by atoms with van der Waals surface area (Å²) in [5, 5.41) is 3.17. The van der Waals surface area contributed by atoms with E-state index in [9.17, 15) is 0 Å². The van der Waals surface area contributed by atoms with Crippen molar-refractivity contribution in [2.75, 3.05) is 0 Å². The third-order valence-corrected chi connectivity index (χ3v) is 2.15. The SMILES string of the molecule is C=CNC1CCCCC1N. The molecule has 2 nitrogen and oxygen atoms in total. The van der Waals surface area contributed by atoms with E-state index in [0.717, 1.165) is 6.42 Å². The molecule has 2 atom stereocenters. The van der Waals surface area contributed by atoms with Crippen LogP contribution in [0, 0.1) is 0 Å². The molecule has 2 unspecified atom stereocenters. The average molecular weight is 140 g/mol. The van der Waals surface area contributed by atoms with Crippen LogP contribution in [0.3, 0.4) is 0 Å². The van der Waals surface area contributed by atoms with Crippen molar-refractivity contribution >= 4 is 0 Å². The molecule has 0 radical (unpaired) electrons. The van der Waals surface area contributed by atoms with Crippen molar-refractivity contribution in [1.29, 1.82) is 0 Å². The van der Waals surface area contributed by atoms with Crippen LogP contribution < -0.4 is 11.1 Å². The molecule has 0 aliphatic heterocycles. The van der Waals surface area contributed by atoms with Crippen molar-refractivity contribution in [1.82, 2.24) is 5.32 Å². The highest BCUT2D eigenvalue weighted by Crippen LogP contribution is 2.16. The standard InChI is InChI=1S/C8H16N2/c1-2-10-8-6-4-3-5-7(8)9/h2,7-8,10H,1,3-6,9H2. The molecule has 10 heavy (non-hydrogen) atoms. The second-order valence-electron chi connectivity index (χ2n) is 2.93. The van der Waals surface area contributed by atoms with Crippen molar-refractivity contribution in [2.45, 2.75) is 37.8 Å². The maximum atomic E-state index is 5.85. The zero-order valence-electron chi connectivity index (χ0n) is 6.34. The Labute approximate surface area is 62.5 Å². The van der Waals surface area contributed by atoms with Crippen molar-refractivity contribution in [3.63, 3.8) is 0 Å². The second-order valence-corrected chi connectivity index (χ2v) is 2.93. The van der Waals surface area contributed by atoms with Gasteiger partial charge in [0.15, 0.2) is 0 Å². The van der Waals surface area contributed by atoms with Crippen LogP contribution in [0.1, 0.15) is 25.7 Å².